The number of rotatable bonds is 2. The van der Waals surface area contributed by atoms with E-state index in [1.54, 1.807) is 0 Å². The van der Waals surface area contributed by atoms with Gasteiger partial charge in [0, 0.05) is 6.92 Å². The van der Waals surface area contributed by atoms with E-state index in [1.807, 2.05) is 80.6 Å². The smallest absolute Gasteiger partial charge is 0.302 e. The molecule has 0 spiro atoms. The maximum absolute atomic E-state index is 10.4. The van der Waals surface area contributed by atoms with Gasteiger partial charge in [-0.2, -0.15) is 0 Å². The van der Waals surface area contributed by atoms with Crippen LogP contribution in [-0.4, -0.2) is 5.97 Å². The van der Waals surface area contributed by atoms with E-state index in [0.29, 0.717) is 6.61 Å². The summed E-state index contributed by atoms with van der Waals surface area (Å²) in [4.78, 5) is 10.4. The van der Waals surface area contributed by atoms with E-state index in [2.05, 4.69) is 0 Å². The van der Waals surface area contributed by atoms with Gasteiger partial charge in [-0.25, -0.2) is 0 Å². The highest BCUT2D eigenvalue weighted by Crippen LogP contribution is 1.99. The molecule has 19 heavy (non-hydrogen) atoms. The summed E-state index contributed by atoms with van der Waals surface area (Å²) in [6, 6.07) is 21.6. The Balaban J connectivity index is 0.000000341. The highest BCUT2D eigenvalue weighted by molar-refractivity contribution is 5.65. The highest BCUT2D eigenvalue weighted by atomic mass is 16.5. The Labute approximate surface area is 116 Å². The van der Waals surface area contributed by atoms with E-state index in [9.17, 15) is 4.79 Å². The van der Waals surface area contributed by atoms with Gasteiger partial charge in [0.2, 0.25) is 0 Å². The Morgan fingerprint density at radius 1 is 0.842 bits per heavy atom. The number of benzene rings is 2. The Kier molecular flexibility index (Phi) is 11.0. The lowest BCUT2D eigenvalue weighted by molar-refractivity contribution is -0.142. The van der Waals surface area contributed by atoms with Crippen molar-refractivity contribution in [3.63, 3.8) is 0 Å². The molecular formula is C17H22O2. The summed E-state index contributed by atoms with van der Waals surface area (Å²) in [6.07, 6.45) is 0. The molecule has 0 N–H and O–H groups in total. The van der Waals surface area contributed by atoms with Crippen molar-refractivity contribution in [3.8, 4) is 0 Å². The fourth-order valence-corrected chi connectivity index (χ4v) is 1.14. The molecule has 2 nitrogen and oxygen atoms in total. The molecule has 0 aromatic heterocycles. The van der Waals surface area contributed by atoms with Crippen molar-refractivity contribution < 1.29 is 9.53 Å². The van der Waals surface area contributed by atoms with Crippen LogP contribution in [0.4, 0.5) is 0 Å². The van der Waals surface area contributed by atoms with Crippen LogP contribution in [-0.2, 0) is 16.1 Å². The van der Waals surface area contributed by atoms with Crippen molar-refractivity contribution in [1.29, 1.82) is 0 Å². The van der Waals surface area contributed by atoms with Gasteiger partial charge >= 0.3 is 5.97 Å². The van der Waals surface area contributed by atoms with Crippen LogP contribution in [0, 0.1) is 0 Å². The van der Waals surface area contributed by atoms with Crippen LogP contribution in [0.2, 0.25) is 0 Å². The van der Waals surface area contributed by atoms with Gasteiger partial charge in [-0.1, -0.05) is 80.6 Å². The molecule has 102 valence electrons. The van der Waals surface area contributed by atoms with Crippen LogP contribution < -0.4 is 0 Å². The molecule has 0 atom stereocenters. The summed E-state index contributed by atoms with van der Waals surface area (Å²) < 4.78 is 4.79. The fraction of sp³-hybridized carbons (Fsp3) is 0.235. The summed E-state index contributed by atoms with van der Waals surface area (Å²) in [5.41, 5.74) is 1.02. The van der Waals surface area contributed by atoms with Crippen LogP contribution in [0.3, 0.4) is 0 Å². The molecule has 2 aromatic rings. The average Bonchev–Trinajstić information content (AvgIpc) is 2.51. The molecule has 0 aliphatic rings. The predicted octanol–water partition coefficient (Wildman–Crippen LogP) is 4.46. The third-order valence-corrected chi connectivity index (χ3v) is 1.95. The molecule has 2 heteroatoms. The van der Waals surface area contributed by atoms with Gasteiger partial charge in [0.15, 0.2) is 0 Å². The Hall–Kier alpha value is -2.09. The van der Waals surface area contributed by atoms with Crippen LogP contribution in [0.1, 0.15) is 26.3 Å². The number of carbonyl (C=O) groups is 1. The van der Waals surface area contributed by atoms with Crippen molar-refractivity contribution in [2.75, 3.05) is 0 Å². The molecule has 0 heterocycles. The molecule has 0 fully saturated rings. The molecule has 2 aromatic carbocycles. The topological polar surface area (TPSA) is 26.3 Å². The van der Waals surface area contributed by atoms with Gasteiger partial charge in [0.1, 0.15) is 6.61 Å². The fourth-order valence-electron chi connectivity index (χ4n) is 1.14. The van der Waals surface area contributed by atoms with Crippen molar-refractivity contribution in [2.45, 2.75) is 27.4 Å². The van der Waals surface area contributed by atoms with E-state index < -0.39 is 0 Å². The largest absolute Gasteiger partial charge is 0.461 e. The van der Waals surface area contributed by atoms with Gasteiger partial charge in [-0.15, -0.1) is 0 Å². The summed E-state index contributed by atoms with van der Waals surface area (Å²) in [6.45, 7) is 5.78. The van der Waals surface area contributed by atoms with Crippen LogP contribution in [0.25, 0.3) is 0 Å². The van der Waals surface area contributed by atoms with Gasteiger partial charge in [-0.3, -0.25) is 4.79 Å². The molecule has 0 aliphatic heterocycles. The third-order valence-electron chi connectivity index (χ3n) is 1.95. The Bertz CT molecular complexity index is 383. The minimum atomic E-state index is -0.242. The van der Waals surface area contributed by atoms with Crippen LogP contribution in [0.15, 0.2) is 66.7 Å². The normalized spacial score (nSPS) is 8.16. The lowest BCUT2D eigenvalue weighted by Gasteiger charge is -1.99. The first-order valence-corrected chi connectivity index (χ1v) is 6.46. The van der Waals surface area contributed by atoms with E-state index in [-0.39, 0.29) is 5.97 Å². The second-order valence-electron chi connectivity index (χ2n) is 3.42. The highest BCUT2D eigenvalue weighted by Gasteiger charge is 1.93. The molecular weight excluding hydrogens is 236 g/mol. The van der Waals surface area contributed by atoms with Crippen LogP contribution >= 0.6 is 0 Å². The molecule has 0 saturated carbocycles. The number of esters is 1. The number of carbonyl (C=O) groups excluding carboxylic acids is 1. The molecule has 0 saturated heterocycles. The quantitative estimate of drug-likeness (QED) is 0.743. The first kappa shape index (κ1) is 16.9. The summed E-state index contributed by atoms with van der Waals surface area (Å²) in [5.74, 6) is -0.242. The maximum atomic E-state index is 10.4. The first-order chi connectivity index (χ1) is 9.29. The number of ether oxygens (including phenoxy) is 1. The number of hydrogen-bond acceptors (Lipinski definition) is 2. The van der Waals surface area contributed by atoms with Gasteiger partial charge < -0.3 is 4.74 Å². The van der Waals surface area contributed by atoms with Crippen molar-refractivity contribution >= 4 is 5.97 Å². The van der Waals surface area contributed by atoms with E-state index in [0.717, 1.165) is 5.56 Å². The number of hydrogen-bond donors (Lipinski definition) is 0. The second kappa shape index (κ2) is 12.4. The van der Waals surface area contributed by atoms with Gasteiger partial charge in [0.05, 0.1) is 0 Å². The lowest BCUT2D eigenvalue weighted by Crippen LogP contribution is -1.97. The zero-order chi connectivity index (χ0) is 14.3. The third kappa shape index (κ3) is 10.8. The Morgan fingerprint density at radius 2 is 1.21 bits per heavy atom. The molecule has 2 rings (SSSR count). The molecule has 0 aliphatic carbocycles. The summed E-state index contributed by atoms with van der Waals surface area (Å²) >= 11 is 0. The van der Waals surface area contributed by atoms with Crippen molar-refractivity contribution in [3.05, 3.63) is 72.3 Å². The van der Waals surface area contributed by atoms with E-state index in [4.69, 9.17) is 4.74 Å². The average molecular weight is 258 g/mol. The van der Waals surface area contributed by atoms with Crippen LogP contribution in [0.5, 0.6) is 0 Å². The van der Waals surface area contributed by atoms with Gasteiger partial charge in [0.25, 0.3) is 0 Å². The minimum absolute atomic E-state index is 0.242. The molecule has 0 bridgehead atoms. The zero-order valence-corrected chi connectivity index (χ0v) is 11.9. The minimum Gasteiger partial charge on any atom is -0.461 e. The Morgan fingerprint density at radius 3 is 1.58 bits per heavy atom. The summed E-state index contributed by atoms with van der Waals surface area (Å²) in [5, 5.41) is 0. The standard InChI is InChI=1S/C9H10O2.C6H6.C2H6/c1-8(10)11-7-9-5-3-2-4-6-9;1-2-4-6-5-3-1;1-2/h2-6H,7H2,1H3;1-6H;1-2H3. The summed E-state index contributed by atoms with van der Waals surface area (Å²) in [7, 11) is 0. The molecule has 0 radical (unpaired) electrons. The monoisotopic (exact) mass is 258 g/mol. The van der Waals surface area contributed by atoms with E-state index >= 15 is 0 Å². The molecule has 0 amide bonds. The van der Waals surface area contributed by atoms with Crippen molar-refractivity contribution in [1.82, 2.24) is 0 Å². The molecule has 0 unspecified atom stereocenters. The SMILES string of the molecule is CC.CC(=O)OCc1ccccc1.c1ccccc1. The van der Waals surface area contributed by atoms with Gasteiger partial charge in [-0.05, 0) is 5.56 Å². The zero-order valence-electron chi connectivity index (χ0n) is 11.9. The predicted molar refractivity (Wildman–Crippen MR) is 79.7 cm³/mol. The second-order valence-corrected chi connectivity index (χ2v) is 3.42. The van der Waals surface area contributed by atoms with Crippen molar-refractivity contribution in [2.24, 2.45) is 0 Å². The first-order valence-electron chi connectivity index (χ1n) is 6.46. The van der Waals surface area contributed by atoms with E-state index in [1.165, 1.54) is 6.92 Å². The maximum Gasteiger partial charge on any atom is 0.302 e. The lowest BCUT2D eigenvalue weighted by atomic mass is 10.2.